The van der Waals surface area contributed by atoms with E-state index in [-0.39, 0.29) is 0 Å². The molecule has 0 spiro atoms. The number of anilines is 1. The number of hydrogen-bond donors (Lipinski definition) is 1. The minimum Gasteiger partial charge on any atom is -0.379 e. The molecule has 0 saturated carbocycles. The molecular weight excluding hydrogens is 250 g/mol. The first-order chi connectivity index (χ1) is 9.84. The molecule has 0 unspecified atom stereocenters. The minimum absolute atomic E-state index is 0.770. The van der Waals surface area contributed by atoms with E-state index in [2.05, 4.69) is 46.0 Å². The lowest BCUT2D eigenvalue weighted by Gasteiger charge is -2.12. The molecule has 0 amide bonds. The Hall–Kier alpha value is -2.69. The van der Waals surface area contributed by atoms with Gasteiger partial charge < -0.3 is 5.32 Å². The van der Waals surface area contributed by atoms with Crippen molar-refractivity contribution in [2.75, 3.05) is 5.32 Å². The van der Waals surface area contributed by atoms with Gasteiger partial charge in [0.15, 0.2) is 0 Å². The van der Waals surface area contributed by atoms with Crippen LogP contribution in [0.1, 0.15) is 11.1 Å². The van der Waals surface area contributed by atoms with Gasteiger partial charge in [0.2, 0.25) is 0 Å². The number of nitrogens with zero attached hydrogens (tertiary/aromatic N) is 4. The molecule has 0 aliphatic heterocycles. The van der Waals surface area contributed by atoms with Crippen LogP contribution in [0.5, 0.6) is 0 Å². The van der Waals surface area contributed by atoms with E-state index in [4.69, 9.17) is 0 Å². The van der Waals surface area contributed by atoms with Crippen LogP contribution in [0.2, 0.25) is 0 Å². The molecular formula is C15H15N5. The molecule has 2 aromatic carbocycles. The van der Waals surface area contributed by atoms with Crippen LogP contribution in [0, 0.1) is 6.92 Å². The number of aromatic nitrogens is 4. The van der Waals surface area contributed by atoms with E-state index in [9.17, 15) is 0 Å². The zero-order chi connectivity index (χ0) is 13.8. The number of rotatable bonds is 4. The van der Waals surface area contributed by atoms with Gasteiger partial charge >= 0.3 is 0 Å². The van der Waals surface area contributed by atoms with Gasteiger partial charge in [-0.05, 0) is 40.6 Å². The van der Waals surface area contributed by atoms with Crippen LogP contribution in [-0.2, 0) is 6.54 Å². The van der Waals surface area contributed by atoms with E-state index < -0.39 is 0 Å². The number of nitrogens with one attached hydrogen (secondary N) is 1. The molecule has 5 heteroatoms. The molecule has 0 radical (unpaired) electrons. The Labute approximate surface area is 117 Å². The molecule has 20 heavy (non-hydrogen) atoms. The average molecular weight is 265 g/mol. The summed E-state index contributed by atoms with van der Waals surface area (Å²) in [5, 5.41) is 14.7. The van der Waals surface area contributed by atoms with Crippen molar-refractivity contribution < 1.29 is 0 Å². The summed E-state index contributed by atoms with van der Waals surface area (Å²) in [6, 6.07) is 16.3. The number of para-hydroxylation sites is 2. The van der Waals surface area contributed by atoms with E-state index in [0.29, 0.717) is 0 Å². The second kappa shape index (κ2) is 5.52. The van der Waals surface area contributed by atoms with E-state index in [1.165, 1.54) is 11.1 Å². The Bertz CT molecular complexity index is 691. The molecule has 1 N–H and O–H groups in total. The molecule has 1 aromatic heterocycles. The lowest BCUT2D eigenvalue weighted by Crippen LogP contribution is -2.05. The summed E-state index contributed by atoms with van der Waals surface area (Å²) in [6.45, 7) is 2.88. The summed E-state index contributed by atoms with van der Waals surface area (Å²) in [4.78, 5) is 0. The van der Waals surface area contributed by atoms with Gasteiger partial charge in [-0.1, -0.05) is 36.4 Å². The van der Waals surface area contributed by atoms with Crippen LogP contribution in [0.25, 0.3) is 5.69 Å². The zero-order valence-electron chi connectivity index (χ0n) is 11.2. The largest absolute Gasteiger partial charge is 0.379 e. The second-order valence-corrected chi connectivity index (χ2v) is 4.55. The van der Waals surface area contributed by atoms with Gasteiger partial charge in [0.05, 0.1) is 11.4 Å². The summed E-state index contributed by atoms with van der Waals surface area (Å²) < 4.78 is 1.65. The molecule has 100 valence electrons. The molecule has 3 rings (SSSR count). The SMILES string of the molecule is Cc1ccccc1CNc1ccccc1-n1cnnn1. The zero-order valence-corrected chi connectivity index (χ0v) is 11.2. The van der Waals surface area contributed by atoms with Gasteiger partial charge in [-0.15, -0.1) is 5.10 Å². The Balaban J connectivity index is 1.84. The number of tetrazole rings is 1. The van der Waals surface area contributed by atoms with E-state index in [1.807, 2.05) is 30.3 Å². The third-order valence-corrected chi connectivity index (χ3v) is 3.23. The highest BCUT2D eigenvalue weighted by Crippen LogP contribution is 2.19. The van der Waals surface area contributed by atoms with E-state index >= 15 is 0 Å². The summed E-state index contributed by atoms with van der Waals surface area (Å²) in [6.07, 6.45) is 1.59. The Morgan fingerprint density at radius 2 is 1.85 bits per heavy atom. The Kier molecular flexibility index (Phi) is 3.41. The van der Waals surface area contributed by atoms with Crippen molar-refractivity contribution >= 4 is 5.69 Å². The number of hydrogen-bond acceptors (Lipinski definition) is 4. The molecule has 3 aromatic rings. The van der Waals surface area contributed by atoms with Gasteiger partial charge in [0.1, 0.15) is 6.33 Å². The maximum absolute atomic E-state index is 3.94. The summed E-state index contributed by atoms with van der Waals surface area (Å²) >= 11 is 0. The fourth-order valence-electron chi connectivity index (χ4n) is 2.09. The molecule has 0 fully saturated rings. The molecule has 1 heterocycles. The molecule has 0 saturated heterocycles. The lowest BCUT2D eigenvalue weighted by molar-refractivity contribution is 0.789. The van der Waals surface area contributed by atoms with Crippen molar-refractivity contribution in [3.63, 3.8) is 0 Å². The van der Waals surface area contributed by atoms with Gasteiger partial charge in [-0.25, -0.2) is 0 Å². The molecule has 5 nitrogen and oxygen atoms in total. The fraction of sp³-hybridized carbons (Fsp3) is 0.133. The first kappa shape index (κ1) is 12.3. The number of aryl methyl sites for hydroxylation is 1. The van der Waals surface area contributed by atoms with Gasteiger partial charge in [-0.2, -0.15) is 4.68 Å². The first-order valence-electron chi connectivity index (χ1n) is 6.45. The van der Waals surface area contributed by atoms with Gasteiger partial charge in [0, 0.05) is 6.54 Å². The maximum Gasteiger partial charge on any atom is 0.143 e. The van der Waals surface area contributed by atoms with Gasteiger partial charge in [0.25, 0.3) is 0 Å². The molecule has 0 bridgehead atoms. The van der Waals surface area contributed by atoms with E-state index in [1.54, 1.807) is 11.0 Å². The normalized spacial score (nSPS) is 10.4. The van der Waals surface area contributed by atoms with Crippen LogP contribution in [0.4, 0.5) is 5.69 Å². The van der Waals surface area contributed by atoms with Crippen molar-refractivity contribution in [1.29, 1.82) is 0 Å². The lowest BCUT2D eigenvalue weighted by atomic mass is 10.1. The number of benzene rings is 2. The van der Waals surface area contributed by atoms with Crippen molar-refractivity contribution in [3.8, 4) is 5.69 Å². The average Bonchev–Trinajstić information content (AvgIpc) is 3.01. The highest BCUT2D eigenvalue weighted by molar-refractivity contribution is 5.60. The minimum atomic E-state index is 0.770. The third-order valence-electron chi connectivity index (χ3n) is 3.23. The van der Waals surface area contributed by atoms with Crippen molar-refractivity contribution in [1.82, 2.24) is 20.2 Å². The first-order valence-corrected chi connectivity index (χ1v) is 6.45. The second-order valence-electron chi connectivity index (χ2n) is 4.55. The quantitative estimate of drug-likeness (QED) is 0.787. The Morgan fingerprint density at radius 3 is 2.65 bits per heavy atom. The molecule has 0 aliphatic carbocycles. The van der Waals surface area contributed by atoms with E-state index in [0.717, 1.165) is 17.9 Å². The predicted octanol–water partition coefficient (Wildman–Crippen LogP) is 2.58. The topological polar surface area (TPSA) is 55.6 Å². The smallest absolute Gasteiger partial charge is 0.143 e. The van der Waals surface area contributed by atoms with Crippen LogP contribution in [0.3, 0.4) is 0 Å². The highest BCUT2D eigenvalue weighted by Gasteiger charge is 2.05. The monoisotopic (exact) mass is 265 g/mol. The third kappa shape index (κ3) is 2.51. The standard InChI is InChI=1S/C15H15N5/c1-12-6-2-3-7-13(12)10-16-14-8-4-5-9-15(14)20-11-17-18-19-20/h2-9,11,16H,10H2,1H3. The van der Waals surface area contributed by atoms with Gasteiger partial charge in [-0.3, -0.25) is 0 Å². The maximum atomic E-state index is 3.94. The highest BCUT2D eigenvalue weighted by atomic mass is 15.5. The van der Waals surface area contributed by atoms with Crippen LogP contribution < -0.4 is 5.32 Å². The fourth-order valence-corrected chi connectivity index (χ4v) is 2.09. The molecule has 0 atom stereocenters. The van der Waals surface area contributed by atoms with Crippen molar-refractivity contribution in [2.24, 2.45) is 0 Å². The summed E-state index contributed by atoms with van der Waals surface area (Å²) in [5.74, 6) is 0. The van der Waals surface area contributed by atoms with Crippen molar-refractivity contribution in [2.45, 2.75) is 13.5 Å². The van der Waals surface area contributed by atoms with Crippen LogP contribution in [0.15, 0.2) is 54.9 Å². The van der Waals surface area contributed by atoms with Crippen molar-refractivity contribution in [3.05, 3.63) is 66.0 Å². The summed E-state index contributed by atoms with van der Waals surface area (Å²) in [5.41, 5.74) is 4.49. The van der Waals surface area contributed by atoms with Crippen LogP contribution >= 0.6 is 0 Å². The molecule has 0 aliphatic rings. The summed E-state index contributed by atoms with van der Waals surface area (Å²) in [7, 11) is 0. The predicted molar refractivity (Wildman–Crippen MR) is 77.7 cm³/mol. The Morgan fingerprint density at radius 1 is 1.05 bits per heavy atom. The van der Waals surface area contributed by atoms with Crippen LogP contribution in [-0.4, -0.2) is 20.2 Å².